The quantitative estimate of drug-likeness (QED) is 0.772. The highest BCUT2D eigenvalue weighted by Crippen LogP contribution is 2.25. The van der Waals surface area contributed by atoms with Crippen molar-refractivity contribution >= 4 is 11.7 Å². The first-order valence-corrected chi connectivity index (χ1v) is 6.91. The van der Waals surface area contributed by atoms with Gasteiger partial charge in [-0.15, -0.1) is 0 Å². The molecule has 5 nitrogen and oxygen atoms in total. The third kappa shape index (κ3) is 2.67. The van der Waals surface area contributed by atoms with Crippen LogP contribution in [-0.4, -0.2) is 56.1 Å². The molecule has 0 saturated carbocycles. The summed E-state index contributed by atoms with van der Waals surface area (Å²) in [6, 6.07) is 4.24. The summed E-state index contributed by atoms with van der Waals surface area (Å²) in [6.45, 7) is 7.23. The van der Waals surface area contributed by atoms with E-state index < -0.39 is 0 Å². The molecule has 19 heavy (non-hydrogen) atoms. The molecule has 0 aliphatic carbocycles. The zero-order valence-electron chi connectivity index (χ0n) is 11.3. The van der Waals surface area contributed by atoms with E-state index in [0.29, 0.717) is 11.8 Å². The van der Waals surface area contributed by atoms with E-state index in [4.69, 9.17) is 9.15 Å². The molecule has 2 aliphatic rings. The molecule has 2 aliphatic heterocycles. The summed E-state index contributed by atoms with van der Waals surface area (Å²) in [5.41, 5.74) is 0. The first-order chi connectivity index (χ1) is 9.24. The van der Waals surface area contributed by atoms with E-state index >= 15 is 0 Å². The van der Waals surface area contributed by atoms with E-state index in [2.05, 4.69) is 9.80 Å². The average molecular weight is 264 g/mol. The average Bonchev–Trinajstić information content (AvgIpc) is 3.09. The lowest BCUT2D eigenvalue weighted by Crippen LogP contribution is -2.44. The van der Waals surface area contributed by atoms with Crippen molar-refractivity contribution in [3.63, 3.8) is 0 Å². The van der Waals surface area contributed by atoms with Crippen molar-refractivity contribution in [2.75, 3.05) is 44.3 Å². The smallest absolute Gasteiger partial charge is 0.196 e. The number of nitrogens with zero attached hydrogens (tertiary/aromatic N) is 2. The van der Waals surface area contributed by atoms with Crippen LogP contribution in [0.4, 0.5) is 5.88 Å². The number of anilines is 1. The molecule has 1 aromatic heterocycles. The summed E-state index contributed by atoms with van der Waals surface area (Å²) in [5.74, 6) is 1.25. The minimum Gasteiger partial charge on any atom is -0.437 e. The van der Waals surface area contributed by atoms with Crippen LogP contribution in [0.5, 0.6) is 0 Å². The molecule has 0 aromatic carbocycles. The van der Waals surface area contributed by atoms with Crippen molar-refractivity contribution < 1.29 is 13.9 Å². The fourth-order valence-corrected chi connectivity index (χ4v) is 2.87. The number of ketones is 1. The maximum absolute atomic E-state index is 11.3. The van der Waals surface area contributed by atoms with Crippen LogP contribution in [-0.2, 0) is 4.74 Å². The normalized spacial score (nSPS) is 24.9. The summed E-state index contributed by atoms with van der Waals surface area (Å²) < 4.78 is 11.0. The number of carbonyl (C=O) groups excluding carboxylic acids is 1. The van der Waals surface area contributed by atoms with E-state index in [1.807, 2.05) is 6.07 Å². The molecule has 0 N–H and O–H groups in total. The third-order valence-corrected chi connectivity index (χ3v) is 3.98. The lowest BCUT2D eigenvalue weighted by Gasteiger charge is -2.32. The summed E-state index contributed by atoms with van der Waals surface area (Å²) >= 11 is 0. The monoisotopic (exact) mass is 264 g/mol. The molecular formula is C14H20N2O3. The van der Waals surface area contributed by atoms with Gasteiger partial charge in [0.15, 0.2) is 17.4 Å². The zero-order valence-corrected chi connectivity index (χ0v) is 11.3. The molecule has 1 unspecified atom stereocenters. The Hall–Kier alpha value is -1.33. The van der Waals surface area contributed by atoms with Crippen LogP contribution in [0.2, 0.25) is 0 Å². The Kier molecular flexibility index (Phi) is 3.57. The first kappa shape index (κ1) is 12.7. The second-order valence-corrected chi connectivity index (χ2v) is 5.23. The van der Waals surface area contributed by atoms with Crippen molar-refractivity contribution in [1.82, 2.24) is 4.90 Å². The van der Waals surface area contributed by atoms with Gasteiger partial charge >= 0.3 is 0 Å². The predicted molar refractivity (Wildman–Crippen MR) is 71.7 cm³/mol. The SMILES string of the molecule is CC(=O)c1ccc(N2CCC(N3CCOCC3)C2)o1. The maximum atomic E-state index is 11.3. The zero-order chi connectivity index (χ0) is 13.2. The van der Waals surface area contributed by atoms with Crippen molar-refractivity contribution in [3.8, 4) is 0 Å². The van der Waals surface area contributed by atoms with E-state index in [1.54, 1.807) is 6.07 Å². The molecule has 104 valence electrons. The molecule has 3 heterocycles. The highest BCUT2D eigenvalue weighted by Gasteiger charge is 2.30. The Morgan fingerprint density at radius 1 is 1.26 bits per heavy atom. The Labute approximate surface area is 113 Å². The van der Waals surface area contributed by atoms with Gasteiger partial charge in [-0.2, -0.15) is 0 Å². The van der Waals surface area contributed by atoms with Gasteiger partial charge in [0.25, 0.3) is 0 Å². The summed E-state index contributed by atoms with van der Waals surface area (Å²) in [6.07, 6.45) is 1.15. The Balaban J connectivity index is 1.62. The van der Waals surface area contributed by atoms with Gasteiger partial charge in [0.1, 0.15) is 0 Å². The van der Waals surface area contributed by atoms with Gasteiger partial charge in [0.2, 0.25) is 0 Å². The van der Waals surface area contributed by atoms with Gasteiger partial charge in [-0.25, -0.2) is 0 Å². The fraction of sp³-hybridized carbons (Fsp3) is 0.643. The number of rotatable bonds is 3. The highest BCUT2D eigenvalue weighted by atomic mass is 16.5. The Morgan fingerprint density at radius 3 is 2.74 bits per heavy atom. The van der Waals surface area contributed by atoms with Crippen LogP contribution in [0.15, 0.2) is 16.5 Å². The van der Waals surface area contributed by atoms with Gasteiger partial charge in [-0.05, 0) is 12.5 Å². The van der Waals surface area contributed by atoms with Crippen LogP contribution in [0, 0.1) is 0 Å². The summed E-state index contributed by atoms with van der Waals surface area (Å²) in [4.78, 5) is 16.0. The topological polar surface area (TPSA) is 45.9 Å². The summed E-state index contributed by atoms with van der Waals surface area (Å²) in [7, 11) is 0. The molecule has 0 bridgehead atoms. The first-order valence-electron chi connectivity index (χ1n) is 6.91. The number of furan rings is 1. The lowest BCUT2D eigenvalue weighted by atomic mass is 10.2. The number of hydrogen-bond acceptors (Lipinski definition) is 5. The molecular weight excluding hydrogens is 244 g/mol. The van der Waals surface area contributed by atoms with E-state index in [0.717, 1.165) is 51.7 Å². The fourth-order valence-electron chi connectivity index (χ4n) is 2.87. The Morgan fingerprint density at radius 2 is 2.05 bits per heavy atom. The van der Waals surface area contributed by atoms with Crippen molar-refractivity contribution in [2.45, 2.75) is 19.4 Å². The molecule has 0 spiro atoms. The van der Waals surface area contributed by atoms with E-state index in [1.165, 1.54) is 6.92 Å². The number of Topliss-reactive ketones (excluding diaryl/α,β-unsaturated/α-hetero) is 1. The largest absolute Gasteiger partial charge is 0.437 e. The van der Waals surface area contributed by atoms with Gasteiger partial charge in [-0.3, -0.25) is 9.69 Å². The molecule has 2 fully saturated rings. The van der Waals surface area contributed by atoms with Crippen LogP contribution in [0.1, 0.15) is 23.9 Å². The summed E-state index contributed by atoms with van der Waals surface area (Å²) in [5, 5.41) is 0. The molecule has 2 saturated heterocycles. The van der Waals surface area contributed by atoms with E-state index in [9.17, 15) is 4.79 Å². The molecule has 5 heteroatoms. The maximum Gasteiger partial charge on any atom is 0.196 e. The van der Waals surface area contributed by atoms with Crippen molar-refractivity contribution in [1.29, 1.82) is 0 Å². The minimum absolute atomic E-state index is 0.0184. The van der Waals surface area contributed by atoms with Gasteiger partial charge in [0, 0.05) is 45.2 Å². The second kappa shape index (κ2) is 5.35. The predicted octanol–water partition coefficient (Wildman–Crippen LogP) is 1.39. The minimum atomic E-state index is -0.0184. The molecule has 1 atom stereocenters. The number of morpholine rings is 1. The van der Waals surface area contributed by atoms with Crippen LogP contribution < -0.4 is 4.90 Å². The van der Waals surface area contributed by atoms with Gasteiger partial charge < -0.3 is 14.1 Å². The lowest BCUT2D eigenvalue weighted by molar-refractivity contribution is 0.0209. The van der Waals surface area contributed by atoms with Crippen molar-refractivity contribution in [3.05, 3.63) is 17.9 Å². The van der Waals surface area contributed by atoms with Gasteiger partial charge in [0.05, 0.1) is 13.2 Å². The third-order valence-electron chi connectivity index (χ3n) is 3.98. The molecule has 1 aromatic rings. The highest BCUT2D eigenvalue weighted by molar-refractivity contribution is 5.91. The van der Waals surface area contributed by atoms with Crippen LogP contribution >= 0.6 is 0 Å². The number of carbonyl (C=O) groups is 1. The number of hydrogen-bond donors (Lipinski definition) is 0. The van der Waals surface area contributed by atoms with Gasteiger partial charge in [-0.1, -0.05) is 0 Å². The van der Waals surface area contributed by atoms with Crippen LogP contribution in [0.3, 0.4) is 0 Å². The molecule has 0 amide bonds. The Bertz CT molecular complexity index is 451. The van der Waals surface area contributed by atoms with Crippen LogP contribution in [0.25, 0.3) is 0 Å². The molecule has 3 rings (SSSR count). The van der Waals surface area contributed by atoms with Crippen molar-refractivity contribution in [2.24, 2.45) is 0 Å². The molecule has 0 radical (unpaired) electrons. The standard InChI is InChI=1S/C14H20N2O3/c1-11(17)13-2-3-14(19-13)16-5-4-12(10-16)15-6-8-18-9-7-15/h2-3,12H,4-10H2,1H3. The second-order valence-electron chi connectivity index (χ2n) is 5.23. The van der Waals surface area contributed by atoms with E-state index in [-0.39, 0.29) is 5.78 Å². The number of ether oxygens (including phenoxy) is 1.